The van der Waals surface area contributed by atoms with Crippen LogP contribution in [0.4, 0.5) is 0 Å². The molecule has 0 aromatic heterocycles. The Hall–Kier alpha value is -2.72. The van der Waals surface area contributed by atoms with Crippen molar-refractivity contribution in [1.82, 2.24) is 0 Å². The maximum absolute atomic E-state index is 11.3. The molecule has 5 fully saturated rings. The summed E-state index contributed by atoms with van der Waals surface area (Å²) in [5.74, 6) is 2.59. The van der Waals surface area contributed by atoms with Gasteiger partial charge in [-0.05, 0) is 138 Å². The molecule has 52 heavy (non-hydrogen) atoms. The number of aliphatic hydroxyl groups excluding tert-OH is 2. The first-order chi connectivity index (χ1) is 24.7. The van der Waals surface area contributed by atoms with Crippen LogP contribution in [-0.4, -0.2) is 29.0 Å². The Morgan fingerprint density at radius 1 is 0.692 bits per heavy atom. The van der Waals surface area contributed by atoms with Gasteiger partial charge in [0, 0.05) is 0 Å². The number of aliphatic hydroxyl groups is 2. The molecule has 5 saturated carbocycles. The molecule has 0 heterocycles. The monoisotopic (exact) mass is 700 g/mol. The Kier molecular flexibility index (Phi) is 8.84. The number of fused-ring (bicyclic) bond motifs is 7. The second-order valence-corrected chi connectivity index (χ2v) is 19.7. The average molecular weight is 701 g/mol. The van der Waals surface area contributed by atoms with Gasteiger partial charge in [-0.1, -0.05) is 138 Å². The molecule has 0 amide bonds. The van der Waals surface area contributed by atoms with Gasteiger partial charge < -0.3 is 14.9 Å². The van der Waals surface area contributed by atoms with Crippen molar-refractivity contribution in [2.24, 2.45) is 56.7 Å². The van der Waals surface area contributed by atoms with Gasteiger partial charge in [0.05, 0.1) is 18.8 Å². The maximum Gasteiger partial charge on any atom is 0.143 e. The molecule has 3 heteroatoms. The first-order valence-corrected chi connectivity index (χ1v) is 20.6. The van der Waals surface area contributed by atoms with Crippen LogP contribution in [0.25, 0.3) is 0 Å². The van der Waals surface area contributed by atoms with Crippen LogP contribution in [0.15, 0.2) is 103 Å². The molecule has 2 N–H and O–H groups in total. The summed E-state index contributed by atoms with van der Waals surface area (Å²) in [5, 5.41) is 22.6. The van der Waals surface area contributed by atoms with E-state index in [0.29, 0.717) is 29.6 Å². The summed E-state index contributed by atoms with van der Waals surface area (Å²) in [7, 11) is 0. The van der Waals surface area contributed by atoms with E-state index in [1.54, 1.807) is 0 Å². The minimum atomic E-state index is -0.721. The van der Waals surface area contributed by atoms with Gasteiger partial charge in [0.1, 0.15) is 5.60 Å². The Morgan fingerprint density at radius 2 is 1.25 bits per heavy atom. The van der Waals surface area contributed by atoms with Crippen molar-refractivity contribution < 1.29 is 14.9 Å². The Bertz CT molecular complexity index is 1650. The summed E-state index contributed by atoms with van der Waals surface area (Å²) in [5.41, 5.74) is 4.34. The summed E-state index contributed by atoms with van der Waals surface area (Å²) in [4.78, 5) is 0. The lowest BCUT2D eigenvalue weighted by Gasteiger charge is -2.73. The van der Waals surface area contributed by atoms with E-state index in [4.69, 9.17) is 4.74 Å². The fraction of sp³-hybridized carbons (Fsp3) is 0.592. The van der Waals surface area contributed by atoms with Gasteiger partial charge in [-0.15, -0.1) is 0 Å². The van der Waals surface area contributed by atoms with Crippen LogP contribution in [0.3, 0.4) is 0 Å². The van der Waals surface area contributed by atoms with E-state index in [1.165, 1.54) is 67.2 Å². The van der Waals surface area contributed by atoms with E-state index in [1.807, 2.05) is 0 Å². The lowest BCUT2D eigenvalue weighted by atomic mass is 9.32. The molecule has 278 valence electrons. The van der Waals surface area contributed by atoms with Crippen molar-refractivity contribution in [3.8, 4) is 0 Å². The molecule has 3 aromatic carbocycles. The molecule has 0 spiro atoms. The standard InChI is InChI=1S/C49H64O3/c1-33(2)37-25-28-48(32-52-49(34-17-11-8-12-18-34,35-19-13-9-14-20-35)36-21-15-10-16-22-36)30-29-46(6)38(42(37)48)23-24-41-45(5)31-39(50)43(51)44(3,4)40(45)26-27-47(41,46)7/h8-22,37-43,50-51H,1,23-32H2,2-7H3/t37-,38?,39-,40?,41?,42?,43-,45-,46+,47+,48+/m0/s1. The highest BCUT2D eigenvalue weighted by Gasteiger charge is 2.71. The number of benzene rings is 3. The van der Waals surface area contributed by atoms with Crippen LogP contribution in [0.2, 0.25) is 0 Å². The molecule has 5 aliphatic rings. The minimum absolute atomic E-state index is 0.0187. The Labute approximate surface area is 314 Å². The first kappa shape index (κ1) is 36.3. The van der Waals surface area contributed by atoms with Crippen molar-refractivity contribution in [2.75, 3.05) is 6.61 Å². The number of hydrogen-bond acceptors (Lipinski definition) is 3. The van der Waals surface area contributed by atoms with Crippen LogP contribution < -0.4 is 0 Å². The van der Waals surface area contributed by atoms with Crippen LogP contribution in [0.1, 0.15) is 116 Å². The molecule has 0 saturated heterocycles. The molecule has 0 radical (unpaired) electrons. The quantitative estimate of drug-likeness (QED) is 0.191. The number of allylic oxidation sites excluding steroid dienone is 1. The SMILES string of the molecule is C=C(C)[C@@H]1CC[C@]2(COC(c3ccccc3)(c3ccccc3)c3ccccc3)CC[C@]3(C)C(CCC4[C@@]5(C)C[C@H](O)[C@H](O)C(C)(C)C5CC[C@]43C)C12. The highest BCUT2D eigenvalue weighted by atomic mass is 16.5. The van der Waals surface area contributed by atoms with Gasteiger partial charge in [-0.3, -0.25) is 0 Å². The zero-order valence-corrected chi connectivity index (χ0v) is 32.8. The van der Waals surface area contributed by atoms with E-state index in [2.05, 4.69) is 139 Å². The molecule has 4 unspecified atom stereocenters. The molecule has 3 nitrogen and oxygen atoms in total. The normalized spacial score (nSPS) is 40.9. The Balaban J connectivity index is 1.19. The summed E-state index contributed by atoms with van der Waals surface area (Å²) < 4.78 is 7.75. The van der Waals surface area contributed by atoms with E-state index in [9.17, 15) is 10.2 Å². The number of ether oxygens (including phenoxy) is 1. The zero-order chi connectivity index (χ0) is 36.7. The van der Waals surface area contributed by atoms with Crippen LogP contribution >= 0.6 is 0 Å². The predicted octanol–water partition coefficient (Wildman–Crippen LogP) is 11.0. The molecule has 0 aliphatic heterocycles. The third-order valence-electron chi connectivity index (χ3n) is 17.3. The second kappa shape index (κ2) is 12.7. The molecule has 0 bridgehead atoms. The van der Waals surface area contributed by atoms with Gasteiger partial charge in [0.15, 0.2) is 0 Å². The highest BCUT2D eigenvalue weighted by Crippen LogP contribution is 2.77. The van der Waals surface area contributed by atoms with Crippen LogP contribution in [0.5, 0.6) is 0 Å². The minimum Gasteiger partial charge on any atom is -0.390 e. The van der Waals surface area contributed by atoms with Crippen molar-refractivity contribution >= 4 is 0 Å². The number of hydrogen-bond donors (Lipinski definition) is 2. The van der Waals surface area contributed by atoms with Gasteiger partial charge in [0.25, 0.3) is 0 Å². The van der Waals surface area contributed by atoms with E-state index in [0.717, 1.165) is 19.4 Å². The highest BCUT2D eigenvalue weighted by molar-refractivity contribution is 5.47. The predicted molar refractivity (Wildman–Crippen MR) is 212 cm³/mol. The average Bonchev–Trinajstić information content (AvgIpc) is 3.53. The Morgan fingerprint density at radius 3 is 1.79 bits per heavy atom. The van der Waals surface area contributed by atoms with Gasteiger partial charge in [0.2, 0.25) is 0 Å². The van der Waals surface area contributed by atoms with Crippen molar-refractivity contribution in [2.45, 2.75) is 117 Å². The van der Waals surface area contributed by atoms with Crippen molar-refractivity contribution in [3.63, 3.8) is 0 Å². The summed E-state index contributed by atoms with van der Waals surface area (Å²) in [6.07, 6.45) is 9.00. The lowest BCUT2D eigenvalue weighted by molar-refractivity contribution is -0.266. The van der Waals surface area contributed by atoms with Crippen molar-refractivity contribution in [3.05, 3.63) is 120 Å². The van der Waals surface area contributed by atoms with Crippen molar-refractivity contribution in [1.29, 1.82) is 0 Å². The van der Waals surface area contributed by atoms with Gasteiger partial charge in [-0.25, -0.2) is 0 Å². The summed E-state index contributed by atoms with van der Waals surface area (Å²) >= 11 is 0. The smallest absolute Gasteiger partial charge is 0.143 e. The molecule has 11 atom stereocenters. The lowest BCUT2D eigenvalue weighted by Crippen LogP contribution is -2.68. The third-order valence-corrected chi connectivity index (χ3v) is 17.3. The molecular formula is C49H64O3. The second-order valence-electron chi connectivity index (χ2n) is 19.7. The van der Waals surface area contributed by atoms with Crippen LogP contribution in [-0.2, 0) is 10.3 Å². The topological polar surface area (TPSA) is 49.7 Å². The molecule has 8 rings (SSSR count). The largest absolute Gasteiger partial charge is 0.390 e. The zero-order valence-electron chi connectivity index (χ0n) is 32.8. The fourth-order valence-corrected chi connectivity index (χ4v) is 14.7. The third kappa shape index (κ3) is 5.00. The molecule has 5 aliphatic carbocycles. The summed E-state index contributed by atoms with van der Waals surface area (Å²) in [6.45, 7) is 20.0. The molecule has 3 aromatic rings. The first-order valence-electron chi connectivity index (χ1n) is 20.6. The summed E-state index contributed by atoms with van der Waals surface area (Å²) in [6, 6.07) is 32.7. The van der Waals surface area contributed by atoms with E-state index in [-0.39, 0.29) is 27.1 Å². The number of rotatable bonds is 7. The van der Waals surface area contributed by atoms with E-state index >= 15 is 0 Å². The maximum atomic E-state index is 11.3. The van der Waals surface area contributed by atoms with E-state index < -0.39 is 17.8 Å². The van der Waals surface area contributed by atoms with Crippen LogP contribution in [0, 0.1) is 56.7 Å². The fourth-order valence-electron chi connectivity index (χ4n) is 14.7. The van der Waals surface area contributed by atoms with Gasteiger partial charge >= 0.3 is 0 Å². The molecular weight excluding hydrogens is 637 g/mol. The van der Waals surface area contributed by atoms with Gasteiger partial charge in [-0.2, -0.15) is 0 Å².